The predicted molar refractivity (Wildman–Crippen MR) is 107 cm³/mol. The fraction of sp³-hybridized carbons (Fsp3) is 0.0870. The van der Waals surface area contributed by atoms with E-state index in [9.17, 15) is 14.7 Å². The van der Waals surface area contributed by atoms with Crippen LogP contribution < -0.4 is 4.90 Å². The second-order valence-electron chi connectivity index (χ2n) is 6.66. The molecular weight excluding hydrogens is 352 g/mol. The largest absolute Gasteiger partial charge is 0.507 e. The molecular formula is C23H18N2O3. The Morgan fingerprint density at radius 2 is 1.68 bits per heavy atom. The average Bonchev–Trinajstić information content (AvgIpc) is 3.00. The van der Waals surface area contributed by atoms with Gasteiger partial charge in [-0.3, -0.25) is 19.5 Å². The zero-order valence-corrected chi connectivity index (χ0v) is 15.2. The van der Waals surface area contributed by atoms with Gasteiger partial charge in [-0.1, -0.05) is 60.2 Å². The molecule has 1 saturated heterocycles. The van der Waals surface area contributed by atoms with Gasteiger partial charge in [0.25, 0.3) is 11.7 Å². The number of nitrogens with zero attached hydrogens (tertiary/aromatic N) is 2. The number of carbonyl (C=O) groups is 2. The third kappa shape index (κ3) is 2.97. The van der Waals surface area contributed by atoms with Crippen molar-refractivity contribution in [3.63, 3.8) is 0 Å². The first-order valence-corrected chi connectivity index (χ1v) is 8.91. The minimum Gasteiger partial charge on any atom is -0.507 e. The molecule has 1 aliphatic rings. The maximum Gasteiger partial charge on any atom is 0.300 e. The van der Waals surface area contributed by atoms with Crippen LogP contribution in [0.25, 0.3) is 5.76 Å². The first-order valence-electron chi connectivity index (χ1n) is 8.91. The van der Waals surface area contributed by atoms with Crippen LogP contribution in [0.5, 0.6) is 0 Å². The van der Waals surface area contributed by atoms with E-state index < -0.39 is 17.7 Å². The molecule has 0 radical (unpaired) electrons. The van der Waals surface area contributed by atoms with Gasteiger partial charge in [0.1, 0.15) is 5.76 Å². The molecule has 0 bridgehead atoms. The van der Waals surface area contributed by atoms with Gasteiger partial charge in [-0.15, -0.1) is 0 Å². The lowest BCUT2D eigenvalue weighted by molar-refractivity contribution is -0.132. The summed E-state index contributed by atoms with van der Waals surface area (Å²) in [4.78, 5) is 31.3. The molecule has 4 rings (SSSR count). The number of aliphatic hydroxyl groups excluding tert-OH is 1. The van der Waals surface area contributed by atoms with Crippen molar-refractivity contribution in [2.45, 2.75) is 13.0 Å². The van der Waals surface area contributed by atoms with E-state index in [0.29, 0.717) is 11.3 Å². The van der Waals surface area contributed by atoms with Crippen molar-refractivity contribution >= 4 is 23.1 Å². The fourth-order valence-corrected chi connectivity index (χ4v) is 3.41. The number of aromatic nitrogens is 1. The summed E-state index contributed by atoms with van der Waals surface area (Å²) < 4.78 is 0. The molecule has 5 nitrogen and oxygen atoms in total. The number of hydrogen-bond acceptors (Lipinski definition) is 4. The van der Waals surface area contributed by atoms with Crippen molar-refractivity contribution in [3.05, 3.63) is 101 Å². The molecule has 2 aromatic carbocycles. The molecule has 5 heteroatoms. The van der Waals surface area contributed by atoms with Gasteiger partial charge in [0, 0.05) is 11.8 Å². The summed E-state index contributed by atoms with van der Waals surface area (Å²) in [6.45, 7) is 1.96. The highest BCUT2D eigenvalue weighted by Crippen LogP contribution is 2.41. The molecule has 1 aromatic heterocycles. The fourth-order valence-electron chi connectivity index (χ4n) is 3.41. The number of Topliss-reactive ketones (excluding diaryl/α,β-unsaturated/α-hetero) is 1. The molecule has 0 spiro atoms. The van der Waals surface area contributed by atoms with E-state index in [2.05, 4.69) is 4.98 Å². The van der Waals surface area contributed by atoms with Crippen molar-refractivity contribution in [1.29, 1.82) is 0 Å². The minimum atomic E-state index is -0.731. The lowest BCUT2D eigenvalue weighted by Gasteiger charge is -2.25. The molecule has 138 valence electrons. The molecule has 1 fully saturated rings. The van der Waals surface area contributed by atoms with E-state index in [0.717, 1.165) is 11.1 Å². The number of aryl methyl sites for hydroxylation is 1. The number of hydrogen-bond donors (Lipinski definition) is 1. The smallest absolute Gasteiger partial charge is 0.300 e. The average molecular weight is 370 g/mol. The van der Waals surface area contributed by atoms with E-state index in [4.69, 9.17) is 0 Å². The van der Waals surface area contributed by atoms with Crippen LogP contribution >= 0.6 is 0 Å². The Morgan fingerprint density at radius 1 is 0.964 bits per heavy atom. The zero-order valence-electron chi connectivity index (χ0n) is 15.2. The Balaban J connectivity index is 1.95. The molecule has 28 heavy (non-hydrogen) atoms. The Labute approximate surface area is 162 Å². The summed E-state index contributed by atoms with van der Waals surface area (Å²) in [5.74, 6) is -1.58. The third-order valence-electron chi connectivity index (χ3n) is 4.81. The Bertz CT molecular complexity index is 1060. The van der Waals surface area contributed by atoms with Crippen LogP contribution in [0.2, 0.25) is 0 Å². The Hall–Kier alpha value is -3.73. The Kier molecular flexibility index (Phi) is 4.49. The second kappa shape index (κ2) is 7.12. The van der Waals surface area contributed by atoms with Crippen molar-refractivity contribution in [2.24, 2.45) is 0 Å². The van der Waals surface area contributed by atoms with Crippen molar-refractivity contribution in [3.8, 4) is 0 Å². The molecule has 1 amide bonds. The highest BCUT2D eigenvalue weighted by atomic mass is 16.3. The number of amides is 1. The number of ketones is 1. The molecule has 0 saturated carbocycles. The number of carbonyl (C=O) groups excluding carboxylic acids is 2. The summed E-state index contributed by atoms with van der Waals surface area (Å²) in [5, 5.41) is 10.9. The van der Waals surface area contributed by atoms with Crippen LogP contribution in [0.1, 0.15) is 22.7 Å². The number of pyridine rings is 1. The first kappa shape index (κ1) is 17.7. The number of rotatable bonds is 3. The molecule has 1 atom stereocenters. The summed E-state index contributed by atoms with van der Waals surface area (Å²) in [7, 11) is 0. The SMILES string of the molecule is Cc1ccc(C2C(=C(O)c3ccccc3)C(=O)C(=O)N2c2cccnc2)cc1. The number of benzene rings is 2. The van der Waals surface area contributed by atoms with Gasteiger partial charge in [-0.2, -0.15) is 0 Å². The van der Waals surface area contributed by atoms with E-state index in [1.165, 1.54) is 11.1 Å². The van der Waals surface area contributed by atoms with Gasteiger partial charge in [0.2, 0.25) is 0 Å². The third-order valence-corrected chi connectivity index (χ3v) is 4.81. The van der Waals surface area contributed by atoms with Gasteiger partial charge in [0.05, 0.1) is 23.5 Å². The topological polar surface area (TPSA) is 70.5 Å². The summed E-state index contributed by atoms with van der Waals surface area (Å²) in [6, 6.07) is 19.1. The van der Waals surface area contributed by atoms with E-state index in [1.54, 1.807) is 42.6 Å². The molecule has 1 aliphatic heterocycles. The van der Waals surface area contributed by atoms with Gasteiger partial charge in [-0.05, 0) is 24.6 Å². The van der Waals surface area contributed by atoms with Crippen molar-refractivity contribution < 1.29 is 14.7 Å². The first-order chi connectivity index (χ1) is 13.6. The van der Waals surface area contributed by atoms with E-state index in [1.807, 2.05) is 37.3 Å². The minimum absolute atomic E-state index is 0.0731. The van der Waals surface area contributed by atoms with Gasteiger partial charge < -0.3 is 5.11 Å². The van der Waals surface area contributed by atoms with E-state index >= 15 is 0 Å². The normalized spacial score (nSPS) is 18.5. The standard InChI is InChI=1S/C23H18N2O3/c1-15-9-11-16(12-10-15)20-19(21(26)17-6-3-2-4-7-17)22(27)23(28)25(20)18-8-5-13-24-14-18/h2-14,20,26H,1H3. The predicted octanol–water partition coefficient (Wildman–Crippen LogP) is 4.02. The van der Waals surface area contributed by atoms with Crippen molar-refractivity contribution in [2.75, 3.05) is 4.90 Å². The summed E-state index contributed by atoms with van der Waals surface area (Å²) in [5.41, 5.74) is 2.87. The summed E-state index contributed by atoms with van der Waals surface area (Å²) >= 11 is 0. The van der Waals surface area contributed by atoms with Gasteiger partial charge in [-0.25, -0.2) is 0 Å². The highest BCUT2D eigenvalue weighted by Gasteiger charge is 2.46. The molecule has 1 N–H and O–H groups in total. The zero-order chi connectivity index (χ0) is 19.7. The molecule has 2 heterocycles. The molecule has 0 aliphatic carbocycles. The summed E-state index contributed by atoms with van der Waals surface area (Å²) in [6.07, 6.45) is 3.14. The lowest BCUT2D eigenvalue weighted by atomic mass is 9.94. The van der Waals surface area contributed by atoms with Crippen LogP contribution in [0.4, 0.5) is 5.69 Å². The molecule has 1 unspecified atom stereocenters. The lowest BCUT2D eigenvalue weighted by Crippen LogP contribution is -2.29. The number of anilines is 1. The van der Waals surface area contributed by atoms with Gasteiger partial charge in [0.15, 0.2) is 0 Å². The van der Waals surface area contributed by atoms with Crippen LogP contribution in [-0.2, 0) is 9.59 Å². The van der Waals surface area contributed by atoms with Crippen LogP contribution in [0.3, 0.4) is 0 Å². The quantitative estimate of drug-likeness (QED) is 0.429. The van der Waals surface area contributed by atoms with Crippen LogP contribution in [0.15, 0.2) is 84.7 Å². The van der Waals surface area contributed by atoms with Crippen molar-refractivity contribution in [1.82, 2.24) is 4.98 Å². The van der Waals surface area contributed by atoms with E-state index in [-0.39, 0.29) is 11.3 Å². The maximum atomic E-state index is 12.9. The Morgan fingerprint density at radius 3 is 2.32 bits per heavy atom. The maximum absolute atomic E-state index is 12.9. The van der Waals surface area contributed by atoms with Gasteiger partial charge >= 0.3 is 0 Å². The second-order valence-corrected chi connectivity index (χ2v) is 6.66. The van der Waals surface area contributed by atoms with Crippen LogP contribution in [-0.4, -0.2) is 21.8 Å². The highest BCUT2D eigenvalue weighted by molar-refractivity contribution is 6.51. The van der Waals surface area contributed by atoms with Crippen LogP contribution in [0, 0.1) is 6.92 Å². The monoisotopic (exact) mass is 370 g/mol. The molecule has 3 aromatic rings. The number of aliphatic hydroxyl groups is 1.